The molecule has 2 aromatic heterocycles. The highest BCUT2D eigenvalue weighted by Crippen LogP contribution is 2.36. The van der Waals surface area contributed by atoms with E-state index in [1.807, 2.05) is 0 Å². The summed E-state index contributed by atoms with van der Waals surface area (Å²) in [6, 6.07) is 6.01. The second kappa shape index (κ2) is 8.36. The molecule has 1 aliphatic heterocycles. The van der Waals surface area contributed by atoms with Gasteiger partial charge in [0, 0.05) is 24.0 Å². The summed E-state index contributed by atoms with van der Waals surface area (Å²) in [4.78, 5) is 31.4. The molecule has 8 nitrogen and oxygen atoms in total. The van der Waals surface area contributed by atoms with Gasteiger partial charge in [-0.25, -0.2) is 8.78 Å². The van der Waals surface area contributed by atoms with Gasteiger partial charge in [-0.05, 0) is 41.6 Å². The number of amides is 2. The fourth-order valence-corrected chi connectivity index (χ4v) is 3.99. The molecule has 11 heteroatoms. The molecule has 1 aromatic carbocycles. The van der Waals surface area contributed by atoms with Crippen LogP contribution < -0.4 is 0 Å². The Labute approximate surface area is 179 Å². The number of aliphatic hydroxyl groups is 1. The van der Waals surface area contributed by atoms with Gasteiger partial charge in [0.15, 0.2) is 0 Å². The number of carbonyl (C=O) groups is 2. The van der Waals surface area contributed by atoms with Gasteiger partial charge in [-0.3, -0.25) is 19.5 Å². The van der Waals surface area contributed by atoms with Crippen LogP contribution in [0, 0.1) is 11.6 Å². The highest BCUT2D eigenvalue weighted by molar-refractivity contribution is 8.18. The zero-order valence-corrected chi connectivity index (χ0v) is 16.7. The van der Waals surface area contributed by atoms with Crippen molar-refractivity contribution in [1.29, 1.82) is 0 Å². The molecule has 1 N–H and O–H groups in total. The van der Waals surface area contributed by atoms with E-state index in [9.17, 15) is 23.5 Å². The Morgan fingerprint density at radius 1 is 1.03 bits per heavy atom. The summed E-state index contributed by atoms with van der Waals surface area (Å²) in [5, 5.41) is 18.5. The number of hydrogen-bond acceptors (Lipinski definition) is 7. The topological polar surface area (TPSA) is 101 Å². The maximum absolute atomic E-state index is 14.5. The van der Waals surface area contributed by atoms with Gasteiger partial charge in [0.1, 0.15) is 17.2 Å². The van der Waals surface area contributed by atoms with Crippen LogP contribution >= 0.6 is 11.8 Å². The lowest BCUT2D eigenvalue weighted by atomic mass is 9.92. The number of β-amino-alcohol motifs (C(OH)–C–C–N with tert-alkyl or cyclic N) is 1. The van der Waals surface area contributed by atoms with Crippen molar-refractivity contribution in [1.82, 2.24) is 24.9 Å². The molecule has 4 rings (SSSR count). The Bertz CT molecular complexity index is 1160. The highest BCUT2D eigenvalue weighted by atomic mass is 32.2. The van der Waals surface area contributed by atoms with Gasteiger partial charge in [-0.15, -0.1) is 0 Å². The van der Waals surface area contributed by atoms with E-state index in [1.165, 1.54) is 18.5 Å². The molecule has 0 aliphatic carbocycles. The van der Waals surface area contributed by atoms with Crippen molar-refractivity contribution in [2.75, 3.05) is 6.54 Å². The van der Waals surface area contributed by atoms with Crippen molar-refractivity contribution in [3.63, 3.8) is 0 Å². The largest absolute Gasteiger partial charge is 0.381 e. The highest BCUT2D eigenvalue weighted by Gasteiger charge is 2.43. The number of hydrogen-bond donors (Lipinski definition) is 1. The number of halogens is 2. The minimum atomic E-state index is -2.10. The van der Waals surface area contributed by atoms with E-state index in [0.717, 1.165) is 21.8 Å². The second-order valence-corrected chi connectivity index (χ2v) is 7.76. The maximum atomic E-state index is 14.5. The average Bonchev–Trinajstić information content (AvgIpc) is 3.32. The Kier molecular flexibility index (Phi) is 5.61. The molecule has 3 heterocycles. The summed E-state index contributed by atoms with van der Waals surface area (Å²) in [6.45, 7) is -0.941. The molecule has 1 saturated heterocycles. The summed E-state index contributed by atoms with van der Waals surface area (Å²) < 4.78 is 28.0. The summed E-state index contributed by atoms with van der Waals surface area (Å²) in [6.07, 6.45) is 7.34. The molecule has 0 bridgehead atoms. The monoisotopic (exact) mass is 443 g/mol. The van der Waals surface area contributed by atoms with E-state index in [2.05, 4.69) is 15.2 Å². The van der Waals surface area contributed by atoms with E-state index < -0.39 is 34.9 Å². The standard InChI is InChI=1S/C20H15F2N5O3S/c21-14-1-2-15(16(22)10-14)20(30,12-27-24-7-8-25-27)11-26-18(28)17(31-19(26)29)9-13-3-5-23-6-4-13/h1-10,30H,11-12H2/b17-9-. The maximum Gasteiger partial charge on any atom is 0.293 e. The predicted octanol–water partition coefficient (Wildman–Crippen LogP) is 2.58. The van der Waals surface area contributed by atoms with Gasteiger partial charge in [0.05, 0.1) is 30.4 Å². The molecule has 1 unspecified atom stereocenters. The van der Waals surface area contributed by atoms with Crippen LogP contribution in [0.1, 0.15) is 11.1 Å². The zero-order valence-electron chi connectivity index (χ0n) is 15.9. The average molecular weight is 443 g/mol. The van der Waals surface area contributed by atoms with Gasteiger partial charge < -0.3 is 5.11 Å². The van der Waals surface area contributed by atoms with Gasteiger partial charge in [-0.1, -0.05) is 6.07 Å². The quantitative estimate of drug-likeness (QED) is 0.585. The van der Waals surface area contributed by atoms with Crippen molar-refractivity contribution in [2.24, 2.45) is 0 Å². The molecule has 1 fully saturated rings. The number of aromatic nitrogens is 4. The molecule has 158 valence electrons. The number of rotatable bonds is 6. The van der Waals surface area contributed by atoms with E-state index in [0.29, 0.717) is 23.4 Å². The van der Waals surface area contributed by atoms with Gasteiger partial charge in [0.2, 0.25) is 0 Å². The SMILES string of the molecule is O=C1S/C(=C\c2ccncc2)C(=O)N1CC(O)(Cn1nccn1)c1ccc(F)cc1F. The third kappa shape index (κ3) is 4.37. The molecule has 0 saturated carbocycles. The third-order valence-electron chi connectivity index (χ3n) is 4.60. The molecule has 1 atom stereocenters. The van der Waals surface area contributed by atoms with Crippen LogP contribution in [0.3, 0.4) is 0 Å². The third-order valence-corrected chi connectivity index (χ3v) is 5.51. The van der Waals surface area contributed by atoms with Crippen molar-refractivity contribution >= 4 is 29.0 Å². The smallest absolute Gasteiger partial charge is 0.293 e. The van der Waals surface area contributed by atoms with Gasteiger partial charge in [0.25, 0.3) is 11.1 Å². The van der Waals surface area contributed by atoms with Crippen molar-refractivity contribution in [2.45, 2.75) is 12.1 Å². The van der Waals surface area contributed by atoms with Crippen LogP contribution in [0.5, 0.6) is 0 Å². The molecule has 31 heavy (non-hydrogen) atoms. The minimum Gasteiger partial charge on any atom is -0.381 e. The molecule has 0 spiro atoms. The van der Waals surface area contributed by atoms with Crippen LogP contribution in [0.15, 0.2) is 60.0 Å². The van der Waals surface area contributed by atoms with Crippen LogP contribution in [-0.4, -0.2) is 47.7 Å². The number of carbonyl (C=O) groups excluding carboxylic acids is 2. The number of thioether (sulfide) groups is 1. The van der Waals surface area contributed by atoms with Gasteiger partial charge in [-0.2, -0.15) is 15.0 Å². The molecule has 3 aromatic rings. The number of benzene rings is 1. The molecule has 1 aliphatic rings. The Morgan fingerprint density at radius 2 is 1.74 bits per heavy atom. The molecular weight excluding hydrogens is 428 g/mol. The Morgan fingerprint density at radius 3 is 2.42 bits per heavy atom. The molecule has 0 radical (unpaired) electrons. The summed E-state index contributed by atoms with van der Waals surface area (Å²) in [7, 11) is 0. The van der Waals surface area contributed by atoms with Crippen LogP contribution in [0.4, 0.5) is 13.6 Å². The first-order chi connectivity index (χ1) is 14.9. The first-order valence-electron chi connectivity index (χ1n) is 9.03. The minimum absolute atomic E-state index is 0.148. The summed E-state index contributed by atoms with van der Waals surface area (Å²) >= 11 is 0.702. The summed E-state index contributed by atoms with van der Waals surface area (Å²) in [5.41, 5.74) is -1.72. The van der Waals surface area contributed by atoms with E-state index in [1.54, 1.807) is 24.5 Å². The molecule has 2 amide bonds. The fourth-order valence-electron chi connectivity index (χ4n) is 3.16. The lowest BCUT2D eigenvalue weighted by Gasteiger charge is -2.31. The Balaban J connectivity index is 1.67. The van der Waals surface area contributed by atoms with Crippen LogP contribution in [-0.2, 0) is 16.9 Å². The van der Waals surface area contributed by atoms with Crippen molar-refractivity contribution < 1.29 is 23.5 Å². The normalized spacial score (nSPS) is 17.4. The van der Waals surface area contributed by atoms with E-state index in [-0.39, 0.29) is 17.0 Å². The number of nitrogens with zero attached hydrogens (tertiary/aromatic N) is 5. The van der Waals surface area contributed by atoms with E-state index in [4.69, 9.17) is 0 Å². The van der Waals surface area contributed by atoms with Crippen molar-refractivity contribution in [3.05, 3.63) is 82.8 Å². The lowest BCUT2D eigenvalue weighted by molar-refractivity contribution is -0.126. The molecular formula is C20H15F2N5O3S. The lowest BCUT2D eigenvalue weighted by Crippen LogP contribution is -2.46. The zero-order chi connectivity index (χ0) is 22.0. The van der Waals surface area contributed by atoms with E-state index >= 15 is 0 Å². The first kappa shape index (κ1) is 20.8. The van der Waals surface area contributed by atoms with Crippen molar-refractivity contribution in [3.8, 4) is 0 Å². The number of imide groups is 1. The second-order valence-electron chi connectivity index (χ2n) is 6.76. The number of pyridine rings is 1. The summed E-state index contributed by atoms with van der Waals surface area (Å²) in [5.74, 6) is -2.48. The first-order valence-corrected chi connectivity index (χ1v) is 9.85. The Hall–Kier alpha value is -3.44. The fraction of sp³-hybridized carbons (Fsp3) is 0.150. The van der Waals surface area contributed by atoms with Crippen LogP contribution in [0.25, 0.3) is 6.08 Å². The predicted molar refractivity (Wildman–Crippen MR) is 107 cm³/mol. The van der Waals surface area contributed by atoms with Gasteiger partial charge >= 0.3 is 0 Å². The van der Waals surface area contributed by atoms with Crippen LogP contribution in [0.2, 0.25) is 0 Å².